The summed E-state index contributed by atoms with van der Waals surface area (Å²) < 4.78 is 10.6. The molecule has 1 amide bonds. The van der Waals surface area contributed by atoms with Crippen molar-refractivity contribution in [2.45, 2.75) is 39.1 Å². The van der Waals surface area contributed by atoms with Crippen LogP contribution in [0.4, 0.5) is 10.5 Å². The summed E-state index contributed by atoms with van der Waals surface area (Å²) in [6.45, 7) is 6.01. The fraction of sp³-hybridized carbons (Fsp3) is 0.500. The highest BCUT2D eigenvalue weighted by Gasteiger charge is 2.18. The van der Waals surface area contributed by atoms with Crippen molar-refractivity contribution in [3.8, 4) is 5.75 Å². The first kappa shape index (κ1) is 14.5. The maximum absolute atomic E-state index is 11.6. The molecule has 1 aromatic rings. The SMILES string of the molecule is CC(C)(C)OC(=O)NCc1ccc2c(c1)OC[C@@H](O)N2. The van der Waals surface area contributed by atoms with E-state index in [0.29, 0.717) is 12.3 Å². The van der Waals surface area contributed by atoms with Crippen LogP contribution >= 0.6 is 0 Å². The number of aliphatic hydroxyl groups excluding tert-OH is 1. The number of carbonyl (C=O) groups is 1. The largest absolute Gasteiger partial charge is 0.487 e. The van der Waals surface area contributed by atoms with E-state index in [-0.39, 0.29) is 6.61 Å². The van der Waals surface area contributed by atoms with Crippen LogP contribution in [0, 0.1) is 0 Å². The number of anilines is 1. The van der Waals surface area contributed by atoms with Crippen LogP contribution in [0.2, 0.25) is 0 Å². The van der Waals surface area contributed by atoms with Gasteiger partial charge in [-0.1, -0.05) is 6.07 Å². The first-order chi connectivity index (χ1) is 9.33. The Hall–Kier alpha value is -1.95. The van der Waals surface area contributed by atoms with Crippen LogP contribution < -0.4 is 15.4 Å². The molecule has 0 bridgehead atoms. The Bertz CT molecular complexity index is 496. The van der Waals surface area contributed by atoms with Crippen molar-refractivity contribution in [2.75, 3.05) is 11.9 Å². The van der Waals surface area contributed by atoms with Crippen molar-refractivity contribution in [1.29, 1.82) is 0 Å². The number of hydrogen-bond donors (Lipinski definition) is 3. The molecular weight excluding hydrogens is 260 g/mol. The predicted octanol–water partition coefficient (Wildman–Crippen LogP) is 1.83. The molecule has 1 aliphatic heterocycles. The average Bonchev–Trinajstić information content (AvgIpc) is 2.34. The van der Waals surface area contributed by atoms with E-state index < -0.39 is 17.9 Å². The number of nitrogens with one attached hydrogen (secondary N) is 2. The van der Waals surface area contributed by atoms with Gasteiger partial charge < -0.3 is 25.2 Å². The van der Waals surface area contributed by atoms with Crippen LogP contribution in [0.3, 0.4) is 0 Å². The minimum absolute atomic E-state index is 0.204. The van der Waals surface area contributed by atoms with Gasteiger partial charge in [0.1, 0.15) is 18.0 Å². The lowest BCUT2D eigenvalue weighted by atomic mass is 10.1. The van der Waals surface area contributed by atoms with Crippen molar-refractivity contribution in [3.63, 3.8) is 0 Å². The number of hydrogen-bond acceptors (Lipinski definition) is 5. The summed E-state index contributed by atoms with van der Waals surface area (Å²) in [5.41, 5.74) is 1.13. The molecule has 1 aliphatic rings. The minimum atomic E-state index is -0.687. The van der Waals surface area contributed by atoms with E-state index in [0.717, 1.165) is 11.3 Å². The van der Waals surface area contributed by atoms with Gasteiger partial charge in [-0.3, -0.25) is 0 Å². The minimum Gasteiger partial charge on any atom is -0.487 e. The summed E-state index contributed by atoms with van der Waals surface area (Å²) in [6, 6.07) is 5.49. The molecule has 0 fully saturated rings. The molecule has 20 heavy (non-hydrogen) atoms. The van der Waals surface area contributed by atoms with E-state index in [1.165, 1.54) is 0 Å². The summed E-state index contributed by atoms with van der Waals surface area (Å²) in [7, 11) is 0. The molecule has 0 spiro atoms. The van der Waals surface area contributed by atoms with Crippen LogP contribution in [0.5, 0.6) is 5.75 Å². The van der Waals surface area contributed by atoms with E-state index in [4.69, 9.17) is 9.47 Å². The molecule has 1 aromatic carbocycles. The summed E-state index contributed by atoms with van der Waals surface area (Å²) in [5, 5.41) is 15.0. The first-order valence-electron chi connectivity index (χ1n) is 6.51. The van der Waals surface area contributed by atoms with Gasteiger partial charge in [0, 0.05) is 6.54 Å². The van der Waals surface area contributed by atoms with E-state index in [2.05, 4.69) is 10.6 Å². The summed E-state index contributed by atoms with van der Waals surface area (Å²) in [4.78, 5) is 11.6. The monoisotopic (exact) mass is 280 g/mol. The zero-order valence-electron chi connectivity index (χ0n) is 11.9. The van der Waals surface area contributed by atoms with E-state index in [1.54, 1.807) is 0 Å². The maximum Gasteiger partial charge on any atom is 0.407 e. The first-order valence-corrected chi connectivity index (χ1v) is 6.51. The quantitative estimate of drug-likeness (QED) is 0.770. The fourth-order valence-electron chi connectivity index (χ4n) is 1.79. The number of fused-ring (bicyclic) bond motifs is 1. The van der Waals surface area contributed by atoms with Gasteiger partial charge in [-0.05, 0) is 38.5 Å². The highest BCUT2D eigenvalue weighted by atomic mass is 16.6. The molecule has 6 heteroatoms. The van der Waals surface area contributed by atoms with Gasteiger partial charge in [0.25, 0.3) is 0 Å². The van der Waals surface area contributed by atoms with Gasteiger partial charge in [-0.15, -0.1) is 0 Å². The summed E-state index contributed by atoms with van der Waals surface area (Å²) in [5.74, 6) is 0.666. The lowest BCUT2D eigenvalue weighted by molar-refractivity contribution is 0.0523. The topological polar surface area (TPSA) is 79.8 Å². The van der Waals surface area contributed by atoms with Gasteiger partial charge in [0.15, 0.2) is 6.23 Å². The molecular formula is C14H20N2O4. The molecule has 0 saturated carbocycles. The third kappa shape index (κ3) is 4.03. The highest BCUT2D eigenvalue weighted by Crippen LogP contribution is 2.29. The number of amides is 1. The van der Waals surface area contributed by atoms with Crippen LogP contribution in [0.15, 0.2) is 18.2 Å². The third-order valence-corrected chi connectivity index (χ3v) is 2.60. The number of rotatable bonds is 2. The zero-order chi connectivity index (χ0) is 14.8. The summed E-state index contributed by atoms with van der Waals surface area (Å²) in [6.07, 6.45) is -1.14. The Balaban J connectivity index is 1.93. The second-order valence-electron chi connectivity index (χ2n) is 5.66. The Labute approximate surface area is 118 Å². The van der Waals surface area contributed by atoms with E-state index in [9.17, 15) is 9.90 Å². The lowest BCUT2D eigenvalue weighted by Gasteiger charge is -2.24. The van der Waals surface area contributed by atoms with Crippen LogP contribution in [-0.4, -0.2) is 29.6 Å². The Morgan fingerprint density at radius 2 is 2.30 bits per heavy atom. The normalized spacial score (nSPS) is 17.5. The molecule has 0 aliphatic carbocycles. The van der Waals surface area contributed by atoms with Crippen molar-refractivity contribution < 1.29 is 19.4 Å². The van der Waals surface area contributed by atoms with Crippen LogP contribution in [0.25, 0.3) is 0 Å². The zero-order valence-corrected chi connectivity index (χ0v) is 11.9. The second kappa shape index (κ2) is 5.58. The Morgan fingerprint density at radius 3 is 3.00 bits per heavy atom. The number of benzene rings is 1. The van der Waals surface area contributed by atoms with Crippen molar-refractivity contribution in [3.05, 3.63) is 23.8 Å². The second-order valence-corrected chi connectivity index (χ2v) is 5.66. The van der Waals surface area contributed by atoms with Gasteiger partial charge >= 0.3 is 6.09 Å². The van der Waals surface area contributed by atoms with Gasteiger partial charge in [-0.25, -0.2) is 4.79 Å². The van der Waals surface area contributed by atoms with Crippen LogP contribution in [0.1, 0.15) is 26.3 Å². The number of ether oxygens (including phenoxy) is 2. The smallest absolute Gasteiger partial charge is 0.407 e. The molecule has 3 N–H and O–H groups in total. The maximum atomic E-state index is 11.6. The molecule has 6 nitrogen and oxygen atoms in total. The summed E-state index contributed by atoms with van der Waals surface area (Å²) >= 11 is 0. The van der Waals surface area contributed by atoms with Gasteiger partial charge in [-0.2, -0.15) is 0 Å². The Morgan fingerprint density at radius 1 is 1.55 bits per heavy atom. The molecule has 110 valence electrons. The molecule has 0 aromatic heterocycles. The number of carbonyl (C=O) groups excluding carboxylic acids is 1. The molecule has 1 heterocycles. The standard InChI is InChI=1S/C14H20N2O4/c1-14(2,3)20-13(18)15-7-9-4-5-10-11(6-9)19-8-12(17)16-10/h4-6,12,16-17H,7-8H2,1-3H3,(H,15,18)/t12-/m1/s1. The van der Waals surface area contributed by atoms with Gasteiger partial charge in [0.05, 0.1) is 5.69 Å². The number of aliphatic hydroxyl groups is 1. The van der Waals surface area contributed by atoms with Crippen LogP contribution in [-0.2, 0) is 11.3 Å². The van der Waals surface area contributed by atoms with E-state index in [1.807, 2.05) is 39.0 Å². The molecule has 0 unspecified atom stereocenters. The average molecular weight is 280 g/mol. The molecule has 0 radical (unpaired) electrons. The van der Waals surface area contributed by atoms with Crippen molar-refractivity contribution >= 4 is 11.8 Å². The Kier molecular flexibility index (Phi) is 4.04. The van der Waals surface area contributed by atoms with Crippen molar-refractivity contribution in [1.82, 2.24) is 5.32 Å². The number of alkyl carbamates (subject to hydrolysis) is 1. The fourth-order valence-corrected chi connectivity index (χ4v) is 1.79. The van der Waals surface area contributed by atoms with Gasteiger partial charge in [0.2, 0.25) is 0 Å². The predicted molar refractivity (Wildman–Crippen MR) is 74.6 cm³/mol. The third-order valence-electron chi connectivity index (χ3n) is 2.60. The molecule has 2 rings (SSSR count). The highest BCUT2D eigenvalue weighted by molar-refractivity contribution is 5.68. The van der Waals surface area contributed by atoms with E-state index >= 15 is 0 Å². The lowest BCUT2D eigenvalue weighted by Crippen LogP contribution is -2.32. The molecule has 0 saturated heterocycles. The van der Waals surface area contributed by atoms with Crippen molar-refractivity contribution in [2.24, 2.45) is 0 Å². The molecule has 1 atom stereocenters.